The number of ether oxygens (including phenoxy) is 3. The van der Waals surface area contributed by atoms with Crippen LogP contribution in [0, 0.1) is 23.7 Å². The molecule has 2 rings (SSSR count). The molecule has 0 aromatic rings. The van der Waals surface area contributed by atoms with Gasteiger partial charge in [-0.2, -0.15) is 0 Å². The lowest BCUT2D eigenvalue weighted by Crippen LogP contribution is -2.56. The van der Waals surface area contributed by atoms with Gasteiger partial charge >= 0.3 is 5.97 Å². The van der Waals surface area contributed by atoms with Crippen molar-refractivity contribution < 1.29 is 34.0 Å². The van der Waals surface area contributed by atoms with Crippen LogP contribution in [0.1, 0.15) is 54.4 Å². The van der Waals surface area contributed by atoms with Crippen molar-refractivity contribution in [2.24, 2.45) is 23.7 Å². The van der Waals surface area contributed by atoms with Crippen LogP contribution in [0.15, 0.2) is 12.2 Å². The van der Waals surface area contributed by atoms with Gasteiger partial charge in [0.2, 0.25) is 0 Å². The minimum absolute atomic E-state index is 0.0217. The zero-order chi connectivity index (χ0) is 25.0. The Bertz CT molecular complexity index is 694. The van der Waals surface area contributed by atoms with Crippen molar-refractivity contribution in [1.29, 1.82) is 0 Å². The van der Waals surface area contributed by atoms with E-state index >= 15 is 0 Å². The molecule has 0 bridgehead atoms. The van der Waals surface area contributed by atoms with Crippen molar-refractivity contribution in [1.82, 2.24) is 4.90 Å². The van der Waals surface area contributed by atoms with E-state index in [4.69, 9.17) is 14.2 Å². The van der Waals surface area contributed by atoms with E-state index in [0.29, 0.717) is 12.8 Å². The Morgan fingerprint density at radius 3 is 2.33 bits per heavy atom. The van der Waals surface area contributed by atoms with Gasteiger partial charge in [0.1, 0.15) is 12.2 Å². The Morgan fingerprint density at radius 2 is 1.76 bits per heavy atom. The summed E-state index contributed by atoms with van der Waals surface area (Å²) >= 11 is 0. The zero-order valence-corrected chi connectivity index (χ0v) is 21.3. The fourth-order valence-electron chi connectivity index (χ4n) is 4.90. The second kappa shape index (κ2) is 11.9. The van der Waals surface area contributed by atoms with Crippen molar-refractivity contribution in [2.75, 3.05) is 14.1 Å². The molecular formula is C25H43NO7. The fraction of sp³-hybridized carbons (Fsp3) is 0.840. The number of esters is 1. The molecule has 2 aliphatic heterocycles. The fourth-order valence-corrected chi connectivity index (χ4v) is 4.90. The predicted molar refractivity (Wildman–Crippen MR) is 124 cm³/mol. The Balaban J connectivity index is 2.35. The van der Waals surface area contributed by atoms with Crippen molar-refractivity contribution in [3.8, 4) is 0 Å². The van der Waals surface area contributed by atoms with Gasteiger partial charge in [-0.1, -0.05) is 26.8 Å². The first-order chi connectivity index (χ1) is 15.3. The second-order valence-electron chi connectivity index (χ2n) is 10.3. The van der Waals surface area contributed by atoms with E-state index < -0.39 is 42.6 Å². The Hall–Kier alpha value is -1.32. The van der Waals surface area contributed by atoms with Gasteiger partial charge in [0.25, 0.3) is 0 Å². The number of allylic oxidation sites excluding steroid dienone is 1. The summed E-state index contributed by atoms with van der Waals surface area (Å²) in [6, 6.07) is -0.145. The van der Waals surface area contributed by atoms with Crippen molar-refractivity contribution in [3.63, 3.8) is 0 Å². The van der Waals surface area contributed by atoms with Crippen LogP contribution in [-0.2, 0) is 23.8 Å². The minimum atomic E-state index is -0.908. The molecule has 0 aliphatic carbocycles. The van der Waals surface area contributed by atoms with Crippen LogP contribution < -0.4 is 0 Å². The first kappa shape index (κ1) is 27.9. The number of aliphatic hydroxyl groups is 2. The van der Waals surface area contributed by atoms with Crippen molar-refractivity contribution in [2.45, 2.75) is 97.2 Å². The molecule has 0 radical (unpaired) electrons. The van der Waals surface area contributed by atoms with E-state index in [0.717, 1.165) is 0 Å². The van der Waals surface area contributed by atoms with Crippen LogP contribution in [0.2, 0.25) is 0 Å². The topological polar surface area (TPSA) is 106 Å². The lowest BCUT2D eigenvalue weighted by atomic mass is 9.84. The third-order valence-corrected chi connectivity index (χ3v) is 7.01. The number of nitrogens with zero attached hydrogens (tertiary/aromatic N) is 1. The molecule has 1 fully saturated rings. The van der Waals surface area contributed by atoms with E-state index in [1.54, 1.807) is 26.8 Å². The highest BCUT2D eigenvalue weighted by Gasteiger charge is 2.43. The number of carbonyl (C=O) groups excluding carboxylic acids is 2. The van der Waals surface area contributed by atoms with E-state index in [-0.39, 0.29) is 35.7 Å². The highest BCUT2D eigenvalue weighted by molar-refractivity contribution is 5.91. The smallest absolute Gasteiger partial charge is 0.311 e. The molecular weight excluding hydrogens is 426 g/mol. The molecule has 190 valence electrons. The maximum absolute atomic E-state index is 13.1. The third kappa shape index (κ3) is 7.09. The standard InChI is InChI=1S/C25H43NO7/c1-13-9-10-20(28)14(2)11-15(3)22(17(5)24(30)32-23(13)18(6)27)33-25-21(29)19(26(7)8)12-16(4)31-25/h9-10,13-19,21-23,25,27,29H,11-12H2,1-8H3/b10-9+/t13-,14-,15+,16-,17-,18+,19-,21+,22+,23+,25+/m1/s1. The summed E-state index contributed by atoms with van der Waals surface area (Å²) in [6.45, 7) is 10.8. The second-order valence-corrected chi connectivity index (χ2v) is 10.3. The number of ketones is 1. The molecule has 33 heavy (non-hydrogen) atoms. The summed E-state index contributed by atoms with van der Waals surface area (Å²) in [5.74, 6) is -1.99. The molecule has 2 N–H and O–H groups in total. The van der Waals surface area contributed by atoms with Gasteiger partial charge in [0.15, 0.2) is 12.1 Å². The summed E-state index contributed by atoms with van der Waals surface area (Å²) in [5, 5.41) is 21.1. The summed E-state index contributed by atoms with van der Waals surface area (Å²) < 4.78 is 18.0. The van der Waals surface area contributed by atoms with E-state index in [1.165, 1.54) is 6.08 Å². The average Bonchev–Trinajstić information content (AvgIpc) is 2.73. The average molecular weight is 470 g/mol. The molecule has 0 saturated carbocycles. The molecule has 8 nitrogen and oxygen atoms in total. The van der Waals surface area contributed by atoms with Gasteiger partial charge in [-0.05, 0) is 59.7 Å². The Labute approximate surface area is 198 Å². The molecule has 0 unspecified atom stereocenters. The van der Waals surface area contributed by atoms with E-state index in [1.807, 2.05) is 39.8 Å². The molecule has 8 heteroatoms. The monoisotopic (exact) mass is 469 g/mol. The van der Waals surface area contributed by atoms with Crippen LogP contribution in [0.5, 0.6) is 0 Å². The van der Waals surface area contributed by atoms with Crippen LogP contribution >= 0.6 is 0 Å². The maximum Gasteiger partial charge on any atom is 0.311 e. The SMILES string of the molecule is C[C@@H]1C[C@@H](N(C)C)[C@H](O)[C@H](O[C@H]2[C@@H](C)C[C@@H](C)C(=O)/C=C/[C@@H](C)[C@@H]([C@H](C)O)OC(=O)[C@@H]2C)O1. The molecule has 11 atom stereocenters. The van der Waals surface area contributed by atoms with Gasteiger partial charge in [-0.25, -0.2) is 0 Å². The first-order valence-electron chi connectivity index (χ1n) is 12.1. The Morgan fingerprint density at radius 1 is 1.12 bits per heavy atom. The van der Waals surface area contributed by atoms with Crippen LogP contribution in [-0.4, -0.2) is 83.8 Å². The number of aliphatic hydroxyl groups excluding tert-OH is 2. The highest BCUT2D eigenvalue weighted by atomic mass is 16.7. The maximum atomic E-state index is 13.1. The lowest BCUT2D eigenvalue weighted by Gasteiger charge is -2.43. The van der Waals surface area contributed by atoms with E-state index in [2.05, 4.69) is 0 Å². The molecule has 1 saturated heterocycles. The number of cyclic esters (lactones) is 1. The van der Waals surface area contributed by atoms with E-state index in [9.17, 15) is 19.8 Å². The minimum Gasteiger partial charge on any atom is -0.459 e. The first-order valence-corrected chi connectivity index (χ1v) is 12.1. The lowest BCUT2D eigenvalue weighted by molar-refractivity contribution is -0.279. The number of rotatable bonds is 4. The normalized spacial score (nSPS) is 43.4. The number of hydrogen-bond donors (Lipinski definition) is 2. The van der Waals surface area contributed by atoms with Gasteiger partial charge in [-0.3, -0.25) is 9.59 Å². The number of likely N-dealkylation sites (N-methyl/N-ethyl adjacent to an activating group) is 1. The summed E-state index contributed by atoms with van der Waals surface area (Å²) in [4.78, 5) is 27.8. The molecule has 2 heterocycles. The predicted octanol–water partition coefficient (Wildman–Crippen LogP) is 2.16. The van der Waals surface area contributed by atoms with Crippen LogP contribution in [0.4, 0.5) is 0 Å². The van der Waals surface area contributed by atoms with Crippen LogP contribution in [0.25, 0.3) is 0 Å². The van der Waals surface area contributed by atoms with Gasteiger partial charge in [0, 0.05) is 17.9 Å². The van der Waals surface area contributed by atoms with Crippen LogP contribution in [0.3, 0.4) is 0 Å². The number of hydrogen-bond acceptors (Lipinski definition) is 8. The Kier molecular flexibility index (Phi) is 10.1. The summed E-state index contributed by atoms with van der Waals surface area (Å²) in [7, 11) is 3.81. The molecule has 0 aromatic heterocycles. The van der Waals surface area contributed by atoms with Crippen molar-refractivity contribution >= 4 is 11.8 Å². The highest BCUT2D eigenvalue weighted by Crippen LogP contribution is 2.32. The molecule has 0 amide bonds. The zero-order valence-electron chi connectivity index (χ0n) is 21.3. The van der Waals surface area contributed by atoms with Gasteiger partial charge in [0.05, 0.1) is 24.2 Å². The molecule has 0 aromatic carbocycles. The van der Waals surface area contributed by atoms with Gasteiger partial charge < -0.3 is 29.3 Å². The van der Waals surface area contributed by atoms with Gasteiger partial charge in [-0.15, -0.1) is 0 Å². The summed E-state index contributed by atoms with van der Waals surface area (Å²) in [6.07, 6.45) is 0.131. The third-order valence-electron chi connectivity index (χ3n) is 7.01. The van der Waals surface area contributed by atoms with Crippen molar-refractivity contribution in [3.05, 3.63) is 12.2 Å². The largest absolute Gasteiger partial charge is 0.459 e. The number of carbonyl (C=O) groups is 2. The summed E-state index contributed by atoms with van der Waals surface area (Å²) in [5.41, 5.74) is 0. The molecule has 2 aliphatic rings. The quantitative estimate of drug-likeness (QED) is 0.604. The molecule has 0 spiro atoms.